The van der Waals surface area contributed by atoms with Crippen molar-refractivity contribution in [3.05, 3.63) is 29.8 Å². The van der Waals surface area contributed by atoms with Crippen molar-refractivity contribution < 1.29 is 14.2 Å². The fraction of sp³-hybridized carbons (Fsp3) is 0.611. The van der Waals surface area contributed by atoms with E-state index in [0.717, 1.165) is 23.7 Å². The van der Waals surface area contributed by atoms with Crippen LogP contribution in [-0.2, 0) is 16.0 Å². The zero-order valence-electron chi connectivity index (χ0n) is 15.5. The van der Waals surface area contributed by atoms with Crippen molar-refractivity contribution in [1.82, 2.24) is 10.6 Å². The maximum atomic E-state index is 5.72. The van der Waals surface area contributed by atoms with Crippen LogP contribution in [0.5, 0.6) is 5.75 Å². The number of benzene rings is 1. The summed E-state index contributed by atoms with van der Waals surface area (Å²) in [5.74, 6) is 1.61. The van der Waals surface area contributed by atoms with E-state index in [2.05, 4.69) is 21.7 Å². The largest absolute Gasteiger partial charge is 0.493 e. The van der Waals surface area contributed by atoms with Gasteiger partial charge in [-0.15, -0.1) is 0 Å². The van der Waals surface area contributed by atoms with Gasteiger partial charge >= 0.3 is 0 Å². The quantitative estimate of drug-likeness (QED) is 0.389. The fourth-order valence-electron chi connectivity index (χ4n) is 1.91. The first-order valence-electron chi connectivity index (χ1n) is 8.21. The van der Waals surface area contributed by atoms with Crippen molar-refractivity contribution in [2.75, 3.05) is 41.0 Å². The van der Waals surface area contributed by atoms with Gasteiger partial charge in [0.1, 0.15) is 5.75 Å². The van der Waals surface area contributed by atoms with E-state index in [9.17, 15) is 0 Å². The molecule has 1 rings (SSSR count). The summed E-state index contributed by atoms with van der Waals surface area (Å²) in [5, 5.41) is 6.56. The summed E-state index contributed by atoms with van der Waals surface area (Å²) in [6, 6.07) is 8.05. The predicted molar refractivity (Wildman–Crippen MR) is 97.7 cm³/mol. The summed E-state index contributed by atoms with van der Waals surface area (Å²) >= 11 is 0. The van der Waals surface area contributed by atoms with E-state index in [-0.39, 0.29) is 5.60 Å². The Bertz CT molecular complexity index is 504. The summed E-state index contributed by atoms with van der Waals surface area (Å²) in [7, 11) is 5.15. The van der Waals surface area contributed by atoms with Gasteiger partial charge in [0, 0.05) is 47.4 Å². The van der Waals surface area contributed by atoms with E-state index in [1.54, 1.807) is 21.3 Å². The molecule has 0 atom stereocenters. The molecule has 0 amide bonds. The zero-order chi connectivity index (χ0) is 17.8. The highest BCUT2D eigenvalue weighted by Crippen LogP contribution is 2.13. The van der Waals surface area contributed by atoms with E-state index in [1.807, 2.05) is 32.0 Å². The molecule has 1 aromatic carbocycles. The number of guanidine groups is 1. The summed E-state index contributed by atoms with van der Waals surface area (Å²) < 4.78 is 16.1. The Labute approximate surface area is 145 Å². The Balaban J connectivity index is 2.45. The van der Waals surface area contributed by atoms with Gasteiger partial charge in [0.15, 0.2) is 5.96 Å². The molecule has 0 aliphatic heterocycles. The normalized spacial score (nSPS) is 12.1. The van der Waals surface area contributed by atoms with Crippen LogP contribution in [0.1, 0.15) is 25.8 Å². The van der Waals surface area contributed by atoms with Crippen LogP contribution >= 0.6 is 0 Å². The highest BCUT2D eigenvalue weighted by molar-refractivity contribution is 5.79. The van der Waals surface area contributed by atoms with Crippen LogP contribution in [0.2, 0.25) is 0 Å². The maximum Gasteiger partial charge on any atom is 0.191 e. The summed E-state index contributed by atoms with van der Waals surface area (Å²) in [6.45, 7) is 6.75. The summed E-state index contributed by atoms with van der Waals surface area (Å²) in [6.07, 6.45) is 0.880. The first kappa shape index (κ1) is 20.3. The molecule has 0 aliphatic carbocycles. The van der Waals surface area contributed by atoms with Crippen molar-refractivity contribution in [1.29, 1.82) is 0 Å². The van der Waals surface area contributed by atoms with E-state index >= 15 is 0 Å². The molecule has 1 aromatic rings. The van der Waals surface area contributed by atoms with Crippen molar-refractivity contribution in [3.8, 4) is 5.75 Å². The highest BCUT2D eigenvalue weighted by atomic mass is 16.5. The van der Waals surface area contributed by atoms with Crippen LogP contribution in [0.15, 0.2) is 29.3 Å². The third-order valence-electron chi connectivity index (χ3n) is 3.58. The number of nitrogens with one attached hydrogen (secondary N) is 2. The SMILES string of the molecule is CN=C(NCc1cccc(OCCCOC)c1)NCC(C)(C)OC. The molecule has 136 valence electrons. The van der Waals surface area contributed by atoms with Crippen LogP contribution in [0.3, 0.4) is 0 Å². The van der Waals surface area contributed by atoms with E-state index < -0.39 is 0 Å². The molecule has 0 heterocycles. The molecule has 0 saturated heterocycles. The van der Waals surface area contributed by atoms with Crippen LogP contribution in [-0.4, -0.2) is 52.6 Å². The molecule has 24 heavy (non-hydrogen) atoms. The smallest absolute Gasteiger partial charge is 0.191 e. The number of ether oxygens (including phenoxy) is 3. The van der Waals surface area contributed by atoms with E-state index in [4.69, 9.17) is 14.2 Å². The Morgan fingerprint density at radius 2 is 1.96 bits per heavy atom. The lowest BCUT2D eigenvalue weighted by molar-refractivity contribution is 0.0268. The molecule has 6 heteroatoms. The van der Waals surface area contributed by atoms with Crippen LogP contribution in [0.25, 0.3) is 0 Å². The average molecular weight is 337 g/mol. The van der Waals surface area contributed by atoms with Gasteiger partial charge in [-0.3, -0.25) is 4.99 Å². The van der Waals surface area contributed by atoms with Gasteiger partial charge in [-0.1, -0.05) is 12.1 Å². The Morgan fingerprint density at radius 1 is 1.17 bits per heavy atom. The maximum absolute atomic E-state index is 5.72. The van der Waals surface area contributed by atoms with Gasteiger partial charge in [0.2, 0.25) is 0 Å². The molecule has 6 nitrogen and oxygen atoms in total. The molecule has 2 N–H and O–H groups in total. The van der Waals surface area contributed by atoms with Crippen LogP contribution in [0, 0.1) is 0 Å². The van der Waals surface area contributed by atoms with Gasteiger partial charge in [-0.05, 0) is 31.5 Å². The highest BCUT2D eigenvalue weighted by Gasteiger charge is 2.16. The van der Waals surface area contributed by atoms with Gasteiger partial charge in [0.25, 0.3) is 0 Å². The monoisotopic (exact) mass is 337 g/mol. The minimum absolute atomic E-state index is 0.242. The third kappa shape index (κ3) is 8.17. The van der Waals surface area contributed by atoms with E-state index in [0.29, 0.717) is 26.3 Å². The van der Waals surface area contributed by atoms with Crippen molar-refractivity contribution in [2.24, 2.45) is 4.99 Å². The number of nitrogens with zero attached hydrogens (tertiary/aromatic N) is 1. The minimum Gasteiger partial charge on any atom is -0.493 e. The minimum atomic E-state index is -0.242. The van der Waals surface area contributed by atoms with Crippen LogP contribution in [0.4, 0.5) is 0 Å². The Hall–Kier alpha value is -1.79. The van der Waals surface area contributed by atoms with Gasteiger partial charge in [-0.2, -0.15) is 0 Å². The molecule has 0 bridgehead atoms. The Kier molecular flexibility index (Phi) is 9.19. The lowest BCUT2D eigenvalue weighted by Gasteiger charge is -2.24. The molecule has 0 unspecified atom stereocenters. The second-order valence-corrected chi connectivity index (χ2v) is 6.09. The standard InChI is InChI=1S/C18H31N3O3/c1-18(2,23-5)14-21-17(19-3)20-13-15-8-6-9-16(12-15)24-11-7-10-22-4/h6,8-9,12H,7,10-11,13-14H2,1-5H3,(H2,19,20,21). The lowest BCUT2D eigenvalue weighted by Crippen LogP contribution is -2.45. The third-order valence-corrected chi connectivity index (χ3v) is 3.58. The second kappa shape index (κ2) is 10.9. The first-order chi connectivity index (χ1) is 11.5. The lowest BCUT2D eigenvalue weighted by atomic mass is 10.1. The molecular weight excluding hydrogens is 306 g/mol. The average Bonchev–Trinajstić information content (AvgIpc) is 2.59. The second-order valence-electron chi connectivity index (χ2n) is 6.09. The number of hydrogen-bond acceptors (Lipinski definition) is 4. The molecule has 0 spiro atoms. The predicted octanol–water partition coefficient (Wildman–Crippen LogP) is 2.19. The van der Waals surface area contributed by atoms with Gasteiger partial charge in [0.05, 0.1) is 12.2 Å². The van der Waals surface area contributed by atoms with Crippen LogP contribution < -0.4 is 15.4 Å². The van der Waals surface area contributed by atoms with Gasteiger partial charge in [-0.25, -0.2) is 0 Å². The summed E-state index contributed by atoms with van der Waals surface area (Å²) in [4.78, 5) is 4.23. The van der Waals surface area contributed by atoms with Crippen molar-refractivity contribution in [3.63, 3.8) is 0 Å². The number of methoxy groups -OCH3 is 2. The first-order valence-corrected chi connectivity index (χ1v) is 8.21. The van der Waals surface area contributed by atoms with E-state index in [1.165, 1.54) is 0 Å². The number of hydrogen-bond donors (Lipinski definition) is 2. The number of rotatable bonds is 10. The molecular formula is C18H31N3O3. The van der Waals surface area contributed by atoms with Crippen molar-refractivity contribution in [2.45, 2.75) is 32.4 Å². The number of aliphatic imine (C=N–C) groups is 1. The zero-order valence-corrected chi connectivity index (χ0v) is 15.5. The molecule has 0 aromatic heterocycles. The van der Waals surface area contributed by atoms with Gasteiger partial charge < -0.3 is 24.8 Å². The molecule has 0 saturated carbocycles. The summed E-state index contributed by atoms with van der Waals surface area (Å²) in [5.41, 5.74) is 0.890. The van der Waals surface area contributed by atoms with Crippen molar-refractivity contribution >= 4 is 5.96 Å². The fourth-order valence-corrected chi connectivity index (χ4v) is 1.91. The topological polar surface area (TPSA) is 64.1 Å². The Morgan fingerprint density at radius 3 is 2.62 bits per heavy atom. The molecule has 0 fully saturated rings. The molecule has 0 radical (unpaired) electrons. The molecule has 0 aliphatic rings.